The van der Waals surface area contributed by atoms with Crippen LogP contribution in [0.25, 0.3) is 0 Å². The minimum Gasteiger partial charge on any atom is -0.394 e. The predicted octanol–water partition coefficient (Wildman–Crippen LogP) is 0.792. The highest BCUT2D eigenvalue weighted by Gasteiger charge is 2.05. The van der Waals surface area contributed by atoms with E-state index in [9.17, 15) is 0 Å². The average molecular weight is 164 g/mol. The summed E-state index contributed by atoms with van der Waals surface area (Å²) >= 11 is 0. The molecular formula is C8H20O3. The highest BCUT2D eigenvalue weighted by molar-refractivity contribution is 4.59. The van der Waals surface area contributed by atoms with Crippen LogP contribution >= 0.6 is 0 Å². The summed E-state index contributed by atoms with van der Waals surface area (Å²) in [6.45, 7) is 6.12. The van der Waals surface area contributed by atoms with E-state index >= 15 is 0 Å². The van der Waals surface area contributed by atoms with Gasteiger partial charge in [-0.25, -0.2) is 0 Å². The average Bonchev–Trinajstić information content (AvgIpc) is 1.90. The first-order valence-electron chi connectivity index (χ1n) is 3.80. The molecular weight excluding hydrogens is 144 g/mol. The van der Waals surface area contributed by atoms with Crippen LogP contribution in [0.5, 0.6) is 0 Å². The molecule has 0 unspecified atom stereocenters. The summed E-state index contributed by atoms with van der Waals surface area (Å²) in [6.07, 6.45) is 0.826. The molecule has 0 saturated carbocycles. The summed E-state index contributed by atoms with van der Waals surface area (Å²) in [5, 5.41) is 16.8. The van der Waals surface area contributed by atoms with Gasteiger partial charge in [0.1, 0.15) is 0 Å². The van der Waals surface area contributed by atoms with Crippen molar-refractivity contribution in [1.82, 2.24) is 0 Å². The van der Waals surface area contributed by atoms with E-state index in [0.717, 1.165) is 6.42 Å². The molecule has 0 aromatic heterocycles. The number of ether oxygens (including phenoxy) is 1. The molecule has 0 radical (unpaired) electrons. The molecule has 0 amide bonds. The van der Waals surface area contributed by atoms with Crippen molar-refractivity contribution in [1.29, 1.82) is 0 Å². The van der Waals surface area contributed by atoms with Crippen LogP contribution in [-0.2, 0) is 4.74 Å². The molecule has 0 aliphatic rings. The molecule has 0 aromatic rings. The van der Waals surface area contributed by atoms with Crippen LogP contribution in [0.4, 0.5) is 0 Å². The zero-order valence-corrected chi connectivity index (χ0v) is 7.92. The Bertz CT molecular complexity index is 64.2. The minimum atomic E-state index is -0.458. The first kappa shape index (κ1) is 13.5. The molecule has 0 aromatic carbocycles. The van der Waals surface area contributed by atoms with Crippen molar-refractivity contribution in [3.05, 3.63) is 0 Å². The van der Waals surface area contributed by atoms with Gasteiger partial charge in [-0.05, 0) is 20.3 Å². The van der Waals surface area contributed by atoms with Gasteiger partial charge in [0.25, 0.3) is 0 Å². The first-order chi connectivity index (χ1) is 4.97. The highest BCUT2D eigenvalue weighted by Crippen LogP contribution is 2.03. The SMILES string of the molecule is CCC(C)(C)O.COCCO. The van der Waals surface area contributed by atoms with Crippen molar-refractivity contribution < 1.29 is 14.9 Å². The molecule has 11 heavy (non-hydrogen) atoms. The first-order valence-corrected chi connectivity index (χ1v) is 3.80. The van der Waals surface area contributed by atoms with Gasteiger partial charge >= 0.3 is 0 Å². The maximum atomic E-state index is 8.83. The lowest BCUT2D eigenvalue weighted by Gasteiger charge is -2.11. The lowest BCUT2D eigenvalue weighted by atomic mass is 10.1. The Kier molecular flexibility index (Phi) is 9.77. The zero-order valence-electron chi connectivity index (χ0n) is 7.92. The molecule has 3 heteroatoms. The van der Waals surface area contributed by atoms with Gasteiger partial charge in [-0.3, -0.25) is 0 Å². The normalized spacial score (nSPS) is 10.4. The number of methoxy groups -OCH3 is 1. The zero-order chi connectivity index (χ0) is 9.33. The molecule has 0 bridgehead atoms. The fourth-order valence-corrected chi connectivity index (χ4v) is 0.0913. The Morgan fingerprint density at radius 3 is 1.73 bits per heavy atom. The third-order valence-electron chi connectivity index (χ3n) is 1.16. The second-order valence-corrected chi connectivity index (χ2v) is 2.88. The molecule has 0 rings (SSSR count). The van der Waals surface area contributed by atoms with E-state index in [-0.39, 0.29) is 6.61 Å². The van der Waals surface area contributed by atoms with Crippen LogP contribution < -0.4 is 0 Å². The highest BCUT2D eigenvalue weighted by atomic mass is 16.5. The van der Waals surface area contributed by atoms with Crippen molar-refractivity contribution in [2.24, 2.45) is 0 Å². The Labute approximate surface area is 69.0 Å². The molecule has 0 atom stereocenters. The van der Waals surface area contributed by atoms with Crippen molar-refractivity contribution >= 4 is 0 Å². The van der Waals surface area contributed by atoms with E-state index in [4.69, 9.17) is 10.2 Å². The molecule has 0 aliphatic heterocycles. The van der Waals surface area contributed by atoms with Crippen LogP contribution in [0.2, 0.25) is 0 Å². The molecule has 2 N–H and O–H groups in total. The van der Waals surface area contributed by atoms with Crippen molar-refractivity contribution in [2.45, 2.75) is 32.8 Å². The smallest absolute Gasteiger partial charge is 0.0693 e. The predicted molar refractivity (Wildman–Crippen MR) is 45.6 cm³/mol. The fourth-order valence-electron chi connectivity index (χ4n) is 0.0913. The Balaban J connectivity index is 0. The van der Waals surface area contributed by atoms with Crippen LogP contribution in [-0.4, -0.2) is 36.1 Å². The van der Waals surface area contributed by atoms with Crippen molar-refractivity contribution in [3.8, 4) is 0 Å². The molecule has 0 fully saturated rings. The number of aliphatic hydroxyl groups excluding tert-OH is 1. The monoisotopic (exact) mass is 164 g/mol. The van der Waals surface area contributed by atoms with Gasteiger partial charge in [-0.2, -0.15) is 0 Å². The van der Waals surface area contributed by atoms with E-state index in [1.165, 1.54) is 0 Å². The summed E-state index contributed by atoms with van der Waals surface area (Å²) < 4.78 is 4.44. The third kappa shape index (κ3) is 25.8. The van der Waals surface area contributed by atoms with E-state index < -0.39 is 5.60 Å². The summed E-state index contributed by atoms with van der Waals surface area (Å²) in [4.78, 5) is 0. The van der Waals surface area contributed by atoms with Gasteiger partial charge in [0.05, 0.1) is 18.8 Å². The molecule has 0 saturated heterocycles. The maximum absolute atomic E-state index is 8.83. The number of rotatable bonds is 3. The minimum absolute atomic E-state index is 0.122. The van der Waals surface area contributed by atoms with Crippen molar-refractivity contribution in [3.63, 3.8) is 0 Å². The second kappa shape index (κ2) is 7.98. The standard InChI is InChI=1S/C5H12O.C3H8O2/c1-4-5(2,3)6;1-5-3-2-4/h6H,4H2,1-3H3;4H,2-3H2,1H3. The quantitative estimate of drug-likeness (QED) is 0.648. The summed E-state index contributed by atoms with van der Waals surface area (Å²) in [6, 6.07) is 0. The topological polar surface area (TPSA) is 49.7 Å². The van der Waals surface area contributed by atoms with Gasteiger partial charge in [-0.1, -0.05) is 6.92 Å². The summed E-state index contributed by atoms with van der Waals surface area (Å²) in [5.41, 5.74) is -0.458. The van der Waals surface area contributed by atoms with Gasteiger partial charge < -0.3 is 14.9 Å². The summed E-state index contributed by atoms with van der Waals surface area (Å²) in [7, 11) is 1.55. The van der Waals surface area contributed by atoms with E-state index in [1.807, 2.05) is 6.92 Å². The van der Waals surface area contributed by atoms with Crippen LogP contribution in [0, 0.1) is 0 Å². The number of hydrogen-bond donors (Lipinski definition) is 2. The van der Waals surface area contributed by atoms with E-state index in [2.05, 4.69) is 4.74 Å². The summed E-state index contributed by atoms with van der Waals surface area (Å²) in [5.74, 6) is 0. The van der Waals surface area contributed by atoms with Crippen LogP contribution in [0.1, 0.15) is 27.2 Å². The van der Waals surface area contributed by atoms with E-state index in [1.54, 1.807) is 21.0 Å². The van der Waals surface area contributed by atoms with Gasteiger partial charge in [0, 0.05) is 7.11 Å². The number of aliphatic hydroxyl groups is 2. The molecule has 3 nitrogen and oxygen atoms in total. The van der Waals surface area contributed by atoms with Gasteiger partial charge in [0.2, 0.25) is 0 Å². The van der Waals surface area contributed by atoms with Crippen LogP contribution in [0.15, 0.2) is 0 Å². The second-order valence-electron chi connectivity index (χ2n) is 2.88. The van der Waals surface area contributed by atoms with Crippen molar-refractivity contribution in [2.75, 3.05) is 20.3 Å². The largest absolute Gasteiger partial charge is 0.394 e. The Morgan fingerprint density at radius 1 is 1.36 bits per heavy atom. The van der Waals surface area contributed by atoms with E-state index in [0.29, 0.717) is 6.61 Å². The molecule has 0 aliphatic carbocycles. The van der Waals surface area contributed by atoms with Crippen LogP contribution in [0.3, 0.4) is 0 Å². The van der Waals surface area contributed by atoms with Gasteiger partial charge in [0.15, 0.2) is 0 Å². The molecule has 0 spiro atoms. The fraction of sp³-hybridized carbons (Fsp3) is 1.00. The lowest BCUT2D eigenvalue weighted by Crippen LogP contribution is -2.15. The molecule has 70 valence electrons. The molecule has 0 heterocycles. The number of hydrogen-bond acceptors (Lipinski definition) is 3. The van der Waals surface area contributed by atoms with Gasteiger partial charge in [-0.15, -0.1) is 0 Å². The Hall–Kier alpha value is -0.120. The Morgan fingerprint density at radius 2 is 1.73 bits per heavy atom. The maximum Gasteiger partial charge on any atom is 0.0693 e. The third-order valence-corrected chi connectivity index (χ3v) is 1.16. The lowest BCUT2D eigenvalue weighted by molar-refractivity contribution is 0.0765.